The number of hydrogen-bond donors (Lipinski definition) is 2. The molecule has 3 unspecified atom stereocenters. The number of pyridine rings is 1. The van der Waals surface area contributed by atoms with Gasteiger partial charge in [-0.25, -0.2) is 19.8 Å². The number of aliphatic imine (C=N–C) groups is 3. The molecule has 7 nitrogen and oxygen atoms in total. The third-order valence-electron chi connectivity index (χ3n) is 6.31. The highest BCUT2D eigenvalue weighted by molar-refractivity contribution is 8.01. The molecular weight excluding hydrogens is 505 g/mol. The van der Waals surface area contributed by atoms with Gasteiger partial charge in [-0.2, -0.15) is 13.2 Å². The minimum absolute atomic E-state index is 0.175. The molecule has 2 aliphatic rings. The third-order valence-corrected chi connectivity index (χ3v) is 7.74. The Bertz CT molecular complexity index is 1340. The van der Waals surface area contributed by atoms with Crippen molar-refractivity contribution < 1.29 is 28.2 Å². The van der Waals surface area contributed by atoms with Crippen molar-refractivity contribution in [1.29, 1.82) is 0 Å². The molecule has 2 N–H and O–H groups in total. The number of halogens is 3. The molecule has 1 aliphatic heterocycles. The zero-order valence-corrected chi connectivity index (χ0v) is 21.0. The first-order chi connectivity index (χ1) is 17.4. The highest BCUT2D eigenvalue weighted by Gasteiger charge is 2.45. The average molecular weight is 531 g/mol. The number of carbonyl (C=O) groups is 1. The molecule has 4 rings (SSSR count). The number of hydrogen-bond acceptors (Lipinski definition) is 6. The summed E-state index contributed by atoms with van der Waals surface area (Å²) in [5.41, 5.74) is 0.906. The summed E-state index contributed by atoms with van der Waals surface area (Å²) >= 11 is 1.40. The first-order valence-corrected chi connectivity index (χ1v) is 12.4. The minimum Gasteiger partial charge on any atom is -0.478 e. The van der Waals surface area contributed by atoms with Gasteiger partial charge in [-0.1, -0.05) is 6.07 Å². The second-order valence-electron chi connectivity index (χ2n) is 9.04. The van der Waals surface area contributed by atoms with Gasteiger partial charge < -0.3 is 10.2 Å². The number of carboxylic acid groups (broad SMARTS) is 1. The van der Waals surface area contributed by atoms with Gasteiger partial charge in [-0.05, 0) is 86.9 Å². The standard InChI is InChI=1S/C26H25F3N4O3S/c1-14-9-19(32-22(10-14)33-21(30-3)11-15(2)26(27,28)29)20-13-31-24(37-20)25(36)8-4-5-16-12-17(23(34)35)6-7-18(16)25/h6-7,9-13,20,24,36H,3-5,8H2,1-2H3,(H,34,35)/b15-11+,33-21?. The van der Waals surface area contributed by atoms with E-state index < -0.39 is 28.7 Å². The first-order valence-electron chi connectivity index (χ1n) is 11.5. The second-order valence-corrected chi connectivity index (χ2v) is 10.3. The Hall–Kier alpha value is -3.31. The van der Waals surface area contributed by atoms with Crippen molar-refractivity contribution in [2.75, 3.05) is 0 Å². The van der Waals surface area contributed by atoms with Crippen molar-refractivity contribution in [3.05, 3.63) is 69.9 Å². The van der Waals surface area contributed by atoms with E-state index in [-0.39, 0.29) is 22.5 Å². The number of aliphatic hydroxyl groups is 1. The van der Waals surface area contributed by atoms with Gasteiger partial charge >= 0.3 is 12.1 Å². The summed E-state index contributed by atoms with van der Waals surface area (Å²) in [7, 11) is 0. The molecule has 11 heteroatoms. The van der Waals surface area contributed by atoms with Crippen molar-refractivity contribution in [1.82, 2.24) is 4.98 Å². The van der Waals surface area contributed by atoms with Crippen molar-refractivity contribution >= 4 is 42.3 Å². The molecule has 2 aromatic rings. The van der Waals surface area contributed by atoms with E-state index in [2.05, 4.69) is 26.7 Å². The number of benzene rings is 1. The summed E-state index contributed by atoms with van der Waals surface area (Å²) in [4.78, 5) is 28.2. The number of aromatic carboxylic acids is 1. The lowest BCUT2D eigenvalue weighted by molar-refractivity contribution is -0.0912. The summed E-state index contributed by atoms with van der Waals surface area (Å²) in [6, 6.07) is 8.23. The van der Waals surface area contributed by atoms with Crippen LogP contribution in [-0.4, -0.2) is 51.5 Å². The fourth-order valence-electron chi connectivity index (χ4n) is 4.43. The van der Waals surface area contributed by atoms with E-state index in [1.54, 1.807) is 24.4 Å². The molecule has 0 saturated heterocycles. The van der Waals surface area contributed by atoms with Crippen LogP contribution < -0.4 is 0 Å². The molecule has 2 heterocycles. The van der Waals surface area contributed by atoms with E-state index in [0.717, 1.165) is 24.1 Å². The molecule has 0 saturated carbocycles. The normalized spacial score (nSPS) is 24.2. The number of rotatable bonds is 5. The highest BCUT2D eigenvalue weighted by atomic mass is 32.2. The number of thioether (sulfide) groups is 1. The molecule has 0 fully saturated rings. The zero-order chi connectivity index (χ0) is 27.0. The largest absolute Gasteiger partial charge is 0.478 e. The van der Waals surface area contributed by atoms with Crippen molar-refractivity contribution in [3.8, 4) is 0 Å². The highest BCUT2D eigenvalue weighted by Crippen LogP contribution is 2.49. The van der Waals surface area contributed by atoms with Crippen molar-refractivity contribution in [3.63, 3.8) is 0 Å². The fourth-order valence-corrected chi connectivity index (χ4v) is 5.72. The maximum Gasteiger partial charge on any atom is 0.412 e. The van der Waals surface area contributed by atoms with Crippen molar-refractivity contribution in [2.24, 2.45) is 15.0 Å². The molecule has 1 aromatic carbocycles. The Morgan fingerprint density at radius 2 is 2.05 bits per heavy atom. The Balaban J connectivity index is 1.60. The van der Waals surface area contributed by atoms with E-state index in [9.17, 15) is 28.2 Å². The van der Waals surface area contributed by atoms with Crippen LogP contribution in [0.3, 0.4) is 0 Å². The predicted octanol–water partition coefficient (Wildman–Crippen LogP) is 5.74. The number of fused-ring (bicyclic) bond motifs is 1. The number of carboxylic acids is 1. The fraction of sp³-hybridized carbons (Fsp3) is 0.346. The van der Waals surface area contributed by atoms with Crippen LogP contribution in [0.5, 0.6) is 0 Å². The molecule has 3 atom stereocenters. The lowest BCUT2D eigenvalue weighted by Crippen LogP contribution is -2.39. The van der Waals surface area contributed by atoms with Gasteiger partial charge in [-0.15, -0.1) is 11.8 Å². The Kier molecular flexibility index (Phi) is 7.38. The van der Waals surface area contributed by atoms with Crippen LogP contribution in [0.15, 0.2) is 57.0 Å². The third kappa shape index (κ3) is 5.67. The van der Waals surface area contributed by atoms with Gasteiger partial charge in [0.1, 0.15) is 11.0 Å². The van der Waals surface area contributed by atoms with Crippen LogP contribution in [0.25, 0.3) is 0 Å². The molecule has 0 bridgehead atoms. The van der Waals surface area contributed by atoms with Crippen LogP contribution in [0.2, 0.25) is 0 Å². The lowest BCUT2D eigenvalue weighted by Gasteiger charge is -2.37. The van der Waals surface area contributed by atoms with Crippen LogP contribution in [0.4, 0.5) is 19.0 Å². The molecule has 0 spiro atoms. The van der Waals surface area contributed by atoms with Crippen molar-refractivity contribution in [2.45, 2.75) is 55.5 Å². The number of aryl methyl sites for hydroxylation is 2. The summed E-state index contributed by atoms with van der Waals surface area (Å²) in [6.07, 6.45) is -0.160. The molecule has 0 amide bonds. The summed E-state index contributed by atoms with van der Waals surface area (Å²) in [5, 5.41) is 20.1. The van der Waals surface area contributed by atoms with E-state index >= 15 is 0 Å². The van der Waals surface area contributed by atoms with Crippen LogP contribution in [-0.2, 0) is 12.0 Å². The lowest BCUT2D eigenvalue weighted by atomic mass is 9.78. The Morgan fingerprint density at radius 1 is 1.30 bits per heavy atom. The zero-order valence-electron chi connectivity index (χ0n) is 20.2. The number of aromatic nitrogens is 1. The molecule has 1 aromatic heterocycles. The minimum atomic E-state index is -4.50. The number of amidine groups is 1. The number of allylic oxidation sites excluding steroid dienone is 1. The van der Waals surface area contributed by atoms with Gasteiger partial charge in [0, 0.05) is 11.8 Å². The van der Waals surface area contributed by atoms with Gasteiger partial charge in [0.15, 0.2) is 11.7 Å². The van der Waals surface area contributed by atoms with E-state index in [1.807, 2.05) is 13.0 Å². The van der Waals surface area contributed by atoms with Gasteiger partial charge in [0.05, 0.1) is 16.5 Å². The molecule has 37 heavy (non-hydrogen) atoms. The SMILES string of the molecule is C=NC(/C=C(\C)C(F)(F)F)=Nc1cc(C)cc(C2C=NC(C3(O)CCCc4cc(C(=O)O)ccc43)S2)n1. The molecule has 0 radical (unpaired) electrons. The first kappa shape index (κ1) is 26.7. The maximum atomic E-state index is 12.9. The van der Waals surface area contributed by atoms with Crippen LogP contribution in [0, 0.1) is 6.92 Å². The van der Waals surface area contributed by atoms with Crippen LogP contribution in [0.1, 0.15) is 57.8 Å². The maximum absolute atomic E-state index is 12.9. The van der Waals surface area contributed by atoms with Crippen LogP contribution >= 0.6 is 11.8 Å². The average Bonchev–Trinajstić information content (AvgIpc) is 3.34. The molecule has 1 aliphatic carbocycles. The molecule has 194 valence electrons. The predicted molar refractivity (Wildman–Crippen MR) is 138 cm³/mol. The van der Waals surface area contributed by atoms with Gasteiger partial charge in [0.25, 0.3) is 0 Å². The summed E-state index contributed by atoms with van der Waals surface area (Å²) in [6.45, 7) is 6.06. The molecular formula is C26H25F3N4O3S. The monoisotopic (exact) mass is 530 g/mol. The Labute approximate surface area is 216 Å². The van der Waals surface area contributed by atoms with E-state index in [0.29, 0.717) is 30.5 Å². The summed E-state index contributed by atoms with van der Waals surface area (Å²) in [5.74, 6) is -1.05. The van der Waals surface area contributed by atoms with E-state index in [4.69, 9.17) is 0 Å². The Morgan fingerprint density at radius 3 is 2.73 bits per heavy atom. The second kappa shape index (κ2) is 10.2. The quantitative estimate of drug-likeness (QED) is 0.379. The van der Waals surface area contributed by atoms with Gasteiger partial charge in [0.2, 0.25) is 0 Å². The topological polar surface area (TPSA) is 108 Å². The van der Waals surface area contributed by atoms with E-state index in [1.165, 1.54) is 17.8 Å². The summed E-state index contributed by atoms with van der Waals surface area (Å²) < 4.78 is 38.8. The smallest absolute Gasteiger partial charge is 0.412 e. The number of alkyl halides is 3. The number of nitrogens with zero attached hydrogens (tertiary/aromatic N) is 4. The van der Waals surface area contributed by atoms with Gasteiger partial charge in [-0.3, -0.25) is 4.99 Å².